The highest BCUT2D eigenvalue weighted by atomic mass is 32.2. The molecule has 1 N–H and O–H groups in total. The molecule has 7 nitrogen and oxygen atoms in total. The largest absolute Gasteiger partial charge is 0.321 e. The first-order valence-corrected chi connectivity index (χ1v) is 7.23. The Morgan fingerprint density at radius 2 is 2.11 bits per heavy atom. The van der Waals surface area contributed by atoms with Crippen molar-refractivity contribution in [2.45, 2.75) is 4.90 Å². The Bertz CT molecular complexity index is 721. The van der Waals surface area contributed by atoms with Gasteiger partial charge in [-0.05, 0) is 18.2 Å². The summed E-state index contributed by atoms with van der Waals surface area (Å²) in [5, 5.41) is 9.88. The second-order valence-corrected chi connectivity index (χ2v) is 6.05. The summed E-state index contributed by atoms with van der Waals surface area (Å²) in [7, 11) is -1.66. The molecule has 0 saturated heterocycles. The van der Waals surface area contributed by atoms with E-state index in [2.05, 4.69) is 15.6 Å². The molecule has 0 aliphatic rings. The van der Waals surface area contributed by atoms with Crippen LogP contribution in [0.4, 0.5) is 5.69 Å². The monoisotopic (exact) mass is 280 g/mol. The third kappa shape index (κ3) is 3.16. The first kappa shape index (κ1) is 13.2. The molecule has 1 heterocycles. The van der Waals surface area contributed by atoms with Gasteiger partial charge in [0.2, 0.25) is 0 Å². The van der Waals surface area contributed by atoms with Gasteiger partial charge in [-0.3, -0.25) is 9.48 Å². The van der Waals surface area contributed by atoms with Crippen LogP contribution in [0, 0.1) is 0 Å². The minimum absolute atomic E-state index is 0.143. The van der Waals surface area contributed by atoms with Gasteiger partial charge in [-0.15, -0.1) is 5.10 Å². The van der Waals surface area contributed by atoms with Crippen LogP contribution in [0.5, 0.6) is 0 Å². The van der Waals surface area contributed by atoms with Crippen molar-refractivity contribution in [2.75, 3.05) is 11.6 Å². The lowest BCUT2D eigenvalue weighted by Crippen LogP contribution is -2.12. The Morgan fingerprint density at radius 3 is 2.68 bits per heavy atom. The van der Waals surface area contributed by atoms with E-state index in [1.54, 1.807) is 19.2 Å². The van der Waals surface area contributed by atoms with Gasteiger partial charge >= 0.3 is 0 Å². The Morgan fingerprint density at radius 1 is 1.37 bits per heavy atom. The average molecular weight is 280 g/mol. The summed E-state index contributed by atoms with van der Waals surface area (Å²) < 4.78 is 24.2. The van der Waals surface area contributed by atoms with E-state index in [0.717, 1.165) is 6.26 Å². The van der Waals surface area contributed by atoms with Crippen molar-refractivity contribution in [3.05, 3.63) is 36.2 Å². The fourth-order valence-corrected chi connectivity index (χ4v) is 2.12. The summed E-state index contributed by atoms with van der Waals surface area (Å²) in [5.74, 6) is -0.446. The van der Waals surface area contributed by atoms with Crippen LogP contribution in [0.25, 0.3) is 0 Å². The summed E-state index contributed by atoms with van der Waals surface area (Å²) in [6.07, 6.45) is 2.58. The lowest BCUT2D eigenvalue weighted by atomic mass is 10.3. The average Bonchev–Trinajstić information content (AvgIpc) is 2.75. The van der Waals surface area contributed by atoms with Gasteiger partial charge in [-0.1, -0.05) is 11.3 Å². The Hall–Kier alpha value is -2.22. The molecule has 0 fully saturated rings. The molecule has 0 spiro atoms. The molecule has 2 rings (SSSR count). The van der Waals surface area contributed by atoms with Crippen molar-refractivity contribution in [1.29, 1.82) is 0 Å². The van der Waals surface area contributed by atoms with Crippen LogP contribution < -0.4 is 5.32 Å². The van der Waals surface area contributed by atoms with Crippen molar-refractivity contribution < 1.29 is 13.2 Å². The lowest BCUT2D eigenvalue weighted by Gasteiger charge is -2.04. The van der Waals surface area contributed by atoms with Gasteiger partial charge in [0.15, 0.2) is 15.5 Å². The maximum atomic E-state index is 11.8. The number of benzene rings is 1. The Kier molecular flexibility index (Phi) is 3.34. The molecule has 19 heavy (non-hydrogen) atoms. The maximum absolute atomic E-state index is 11.8. The zero-order chi connectivity index (χ0) is 14.0. The Labute approximate surface area is 110 Å². The summed E-state index contributed by atoms with van der Waals surface area (Å²) in [5.41, 5.74) is 0.547. The van der Waals surface area contributed by atoms with Gasteiger partial charge in [0.05, 0.1) is 11.1 Å². The summed E-state index contributed by atoms with van der Waals surface area (Å²) >= 11 is 0. The van der Waals surface area contributed by atoms with Gasteiger partial charge in [-0.2, -0.15) is 0 Å². The second kappa shape index (κ2) is 4.81. The van der Waals surface area contributed by atoms with E-state index in [-0.39, 0.29) is 10.6 Å². The lowest BCUT2D eigenvalue weighted by molar-refractivity contribution is 0.102. The maximum Gasteiger partial charge on any atom is 0.277 e. The number of hydrogen-bond donors (Lipinski definition) is 1. The van der Waals surface area contributed by atoms with E-state index in [1.807, 2.05) is 0 Å². The topological polar surface area (TPSA) is 94.0 Å². The van der Waals surface area contributed by atoms with E-state index in [0.29, 0.717) is 5.69 Å². The molecule has 0 atom stereocenters. The highest BCUT2D eigenvalue weighted by Crippen LogP contribution is 2.15. The zero-order valence-electron chi connectivity index (χ0n) is 10.4. The molecule has 1 aromatic heterocycles. The number of hydrogen-bond acceptors (Lipinski definition) is 5. The fourth-order valence-electron chi connectivity index (χ4n) is 1.45. The molecular formula is C11H12N4O3S. The van der Waals surface area contributed by atoms with Gasteiger partial charge in [0.1, 0.15) is 0 Å². The van der Waals surface area contributed by atoms with Crippen LogP contribution in [-0.2, 0) is 16.9 Å². The van der Waals surface area contributed by atoms with Gasteiger partial charge in [-0.25, -0.2) is 8.42 Å². The second-order valence-electron chi connectivity index (χ2n) is 4.03. The number of sulfone groups is 1. The van der Waals surface area contributed by atoms with E-state index in [4.69, 9.17) is 0 Å². The van der Waals surface area contributed by atoms with Gasteiger partial charge < -0.3 is 5.32 Å². The summed E-state index contributed by atoms with van der Waals surface area (Å²) in [6, 6.07) is 6.02. The zero-order valence-corrected chi connectivity index (χ0v) is 11.2. The predicted octanol–water partition coefficient (Wildman–Crippen LogP) is 0.471. The van der Waals surface area contributed by atoms with Gasteiger partial charge in [0, 0.05) is 19.0 Å². The van der Waals surface area contributed by atoms with E-state index in [9.17, 15) is 13.2 Å². The SMILES string of the molecule is Cn1cc(C(=O)Nc2cccc(S(C)(=O)=O)c2)nn1. The molecule has 8 heteroatoms. The number of carbonyl (C=O) groups is 1. The van der Waals surface area contributed by atoms with Crippen LogP contribution in [-0.4, -0.2) is 35.6 Å². The minimum Gasteiger partial charge on any atom is -0.321 e. The summed E-state index contributed by atoms with van der Waals surface area (Å²) in [6.45, 7) is 0. The fraction of sp³-hybridized carbons (Fsp3) is 0.182. The molecule has 2 aromatic rings. The number of rotatable bonds is 3. The van der Waals surface area contributed by atoms with E-state index < -0.39 is 15.7 Å². The van der Waals surface area contributed by atoms with Crippen LogP contribution in [0.15, 0.2) is 35.4 Å². The van der Waals surface area contributed by atoms with E-state index in [1.165, 1.54) is 23.0 Å². The predicted molar refractivity (Wildman–Crippen MR) is 68.5 cm³/mol. The third-order valence-electron chi connectivity index (χ3n) is 2.36. The van der Waals surface area contributed by atoms with Crippen molar-refractivity contribution >= 4 is 21.4 Å². The van der Waals surface area contributed by atoms with E-state index >= 15 is 0 Å². The molecule has 0 bridgehead atoms. The first-order valence-electron chi connectivity index (χ1n) is 5.34. The molecule has 1 amide bonds. The number of nitrogens with one attached hydrogen (secondary N) is 1. The van der Waals surface area contributed by atoms with Crippen LogP contribution in [0.3, 0.4) is 0 Å². The number of anilines is 1. The third-order valence-corrected chi connectivity index (χ3v) is 3.47. The number of aryl methyl sites for hydroxylation is 1. The van der Waals surface area contributed by atoms with Crippen molar-refractivity contribution in [3.8, 4) is 0 Å². The van der Waals surface area contributed by atoms with Crippen LogP contribution in [0.2, 0.25) is 0 Å². The normalized spacial score (nSPS) is 11.3. The van der Waals surface area contributed by atoms with Crippen molar-refractivity contribution in [1.82, 2.24) is 15.0 Å². The number of aromatic nitrogens is 3. The van der Waals surface area contributed by atoms with Gasteiger partial charge in [0.25, 0.3) is 5.91 Å². The molecule has 0 aliphatic carbocycles. The molecule has 100 valence electrons. The van der Waals surface area contributed by atoms with Crippen LogP contribution >= 0.6 is 0 Å². The molecular weight excluding hydrogens is 268 g/mol. The minimum atomic E-state index is -3.31. The molecule has 0 radical (unpaired) electrons. The number of nitrogens with zero attached hydrogens (tertiary/aromatic N) is 3. The number of amides is 1. The molecule has 0 aliphatic heterocycles. The van der Waals surface area contributed by atoms with Crippen molar-refractivity contribution in [3.63, 3.8) is 0 Å². The first-order chi connectivity index (χ1) is 8.86. The molecule has 0 unspecified atom stereocenters. The highest BCUT2D eigenvalue weighted by Gasteiger charge is 2.12. The van der Waals surface area contributed by atoms with Crippen LogP contribution in [0.1, 0.15) is 10.5 Å². The smallest absolute Gasteiger partial charge is 0.277 e. The standard InChI is InChI=1S/C11H12N4O3S/c1-15-7-10(13-14-15)11(16)12-8-4-3-5-9(6-8)19(2,17)18/h3-7H,1-2H3,(H,12,16). The quantitative estimate of drug-likeness (QED) is 0.882. The Balaban J connectivity index is 2.22. The molecule has 1 aromatic carbocycles. The van der Waals surface area contributed by atoms with Crippen molar-refractivity contribution in [2.24, 2.45) is 7.05 Å². The number of carbonyl (C=O) groups excluding carboxylic acids is 1. The highest BCUT2D eigenvalue weighted by molar-refractivity contribution is 7.90. The summed E-state index contributed by atoms with van der Waals surface area (Å²) in [4.78, 5) is 12.0. The molecule has 0 saturated carbocycles.